The van der Waals surface area contributed by atoms with Gasteiger partial charge in [0.25, 0.3) is 0 Å². The first-order chi connectivity index (χ1) is 8.56. The largest absolute Gasteiger partial charge is 0.481 e. The molecule has 18 heavy (non-hydrogen) atoms. The van der Waals surface area contributed by atoms with Crippen LogP contribution in [0.2, 0.25) is 0 Å². The molecule has 4 nitrogen and oxygen atoms in total. The zero-order valence-corrected chi connectivity index (χ0v) is 10.4. The lowest BCUT2D eigenvalue weighted by atomic mass is 10.1. The van der Waals surface area contributed by atoms with E-state index in [4.69, 9.17) is 5.11 Å². The van der Waals surface area contributed by atoms with Crippen molar-refractivity contribution in [3.8, 4) is 0 Å². The highest BCUT2D eigenvalue weighted by Crippen LogP contribution is 2.29. The molecule has 0 atom stereocenters. The lowest BCUT2D eigenvalue weighted by molar-refractivity contribution is -0.144. The number of aryl methyl sites for hydroxylation is 1. The second-order valence-corrected chi connectivity index (χ2v) is 4.81. The lowest BCUT2D eigenvalue weighted by Gasteiger charge is -2.22. The first kappa shape index (κ1) is 12.6. The van der Waals surface area contributed by atoms with Crippen LogP contribution < -0.4 is 0 Å². The molecule has 1 aliphatic rings. The van der Waals surface area contributed by atoms with Crippen LogP contribution in [-0.2, 0) is 16.1 Å². The molecule has 1 N–H and O–H groups in total. The molecule has 0 radical (unpaired) electrons. The van der Waals surface area contributed by atoms with Crippen LogP contribution in [0.5, 0.6) is 0 Å². The molecule has 1 aliphatic carbocycles. The third-order valence-corrected chi connectivity index (χ3v) is 3.08. The van der Waals surface area contributed by atoms with E-state index in [1.165, 1.54) is 5.56 Å². The minimum atomic E-state index is -1.06. The molecule has 1 aromatic carbocycles. The molecule has 0 spiro atoms. The Bertz CT molecular complexity index is 449. The summed E-state index contributed by atoms with van der Waals surface area (Å²) in [5.41, 5.74) is 2.22. The van der Waals surface area contributed by atoms with Crippen LogP contribution in [0.25, 0.3) is 0 Å². The molecular formula is C14H17NO3. The fourth-order valence-corrected chi connectivity index (χ4v) is 1.93. The van der Waals surface area contributed by atoms with Gasteiger partial charge in [-0.05, 0) is 25.3 Å². The van der Waals surface area contributed by atoms with Gasteiger partial charge in [-0.15, -0.1) is 0 Å². The Kier molecular flexibility index (Phi) is 3.65. The van der Waals surface area contributed by atoms with Gasteiger partial charge >= 0.3 is 5.97 Å². The summed E-state index contributed by atoms with van der Waals surface area (Å²) < 4.78 is 0. The van der Waals surface area contributed by atoms with Crippen molar-refractivity contribution in [1.82, 2.24) is 4.90 Å². The molecule has 4 heteroatoms. The van der Waals surface area contributed by atoms with Crippen LogP contribution in [0.4, 0.5) is 0 Å². The Morgan fingerprint density at radius 3 is 2.39 bits per heavy atom. The van der Waals surface area contributed by atoms with Gasteiger partial charge in [0.15, 0.2) is 0 Å². The monoisotopic (exact) mass is 247 g/mol. The summed E-state index contributed by atoms with van der Waals surface area (Å²) in [6, 6.07) is 8.21. The predicted octanol–water partition coefficient (Wildman–Crippen LogP) is 1.96. The van der Waals surface area contributed by atoms with Gasteiger partial charge in [0, 0.05) is 12.6 Å². The van der Waals surface area contributed by atoms with E-state index < -0.39 is 12.4 Å². The predicted molar refractivity (Wildman–Crippen MR) is 67.0 cm³/mol. The molecule has 1 aromatic rings. The third-order valence-electron chi connectivity index (χ3n) is 3.08. The van der Waals surface area contributed by atoms with Crippen LogP contribution in [0.1, 0.15) is 30.4 Å². The smallest absolute Gasteiger partial charge is 0.312 e. The molecule has 0 aliphatic heterocycles. The first-order valence-corrected chi connectivity index (χ1v) is 6.13. The maximum atomic E-state index is 11.9. The summed E-state index contributed by atoms with van der Waals surface area (Å²) in [4.78, 5) is 24.2. The third kappa shape index (κ3) is 3.32. The number of carboxylic acids is 1. The molecule has 0 saturated heterocycles. The minimum absolute atomic E-state index is 0.234. The summed E-state index contributed by atoms with van der Waals surface area (Å²) >= 11 is 0. The molecule has 96 valence electrons. The number of aliphatic carboxylic acids is 1. The number of carbonyl (C=O) groups excluding carboxylic acids is 1. The van der Waals surface area contributed by atoms with E-state index in [1.807, 2.05) is 31.2 Å². The highest BCUT2D eigenvalue weighted by Gasteiger charge is 2.33. The molecule has 1 fully saturated rings. The SMILES string of the molecule is Cc1ccc(CN(C(=O)CC(=O)O)C2CC2)cc1. The second-order valence-electron chi connectivity index (χ2n) is 4.81. The van der Waals surface area contributed by atoms with Crippen molar-refractivity contribution < 1.29 is 14.7 Å². The molecule has 0 heterocycles. The van der Waals surface area contributed by atoms with Crippen molar-refractivity contribution in [3.05, 3.63) is 35.4 Å². The summed E-state index contributed by atoms with van der Waals surface area (Å²) in [7, 11) is 0. The number of rotatable bonds is 5. The molecule has 1 saturated carbocycles. The quantitative estimate of drug-likeness (QED) is 0.809. The fraction of sp³-hybridized carbons (Fsp3) is 0.429. The number of amides is 1. The average molecular weight is 247 g/mol. The lowest BCUT2D eigenvalue weighted by Crippen LogP contribution is -2.33. The topological polar surface area (TPSA) is 57.6 Å². The molecule has 0 unspecified atom stereocenters. The Hall–Kier alpha value is -1.84. The van der Waals surface area contributed by atoms with E-state index in [1.54, 1.807) is 4.90 Å². The van der Waals surface area contributed by atoms with Crippen LogP contribution in [0, 0.1) is 6.92 Å². The van der Waals surface area contributed by atoms with Crippen molar-refractivity contribution in [1.29, 1.82) is 0 Å². The summed E-state index contributed by atoms with van der Waals surface area (Å²) in [5, 5.41) is 8.69. The summed E-state index contributed by atoms with van der Waals surface area (Å²) in [5.74, 6) is -1.35. The molecular weight excluding hydrogens is 230 g/mol. The van der Waals surface area contributed by atoms with Crippen molar-refractivity contribution >= 4 is 11.9 Å². The van der Waals surface area contributed by atoms with Gasteiger partial charge in [-0.25, -0.2) is 0 Å². The zero-order chi connectivity index (χ0) is 13.1. The zero-order valence-electron chi connectivity index (χ0n) is 10.4. The Morgan fingerprint density at radius 2 is 1.89 bits per heavy atom. The Morgan fingerprint density at radius 1 is 1.28 bits per heavy atom. The number of carboxylic acid groups (broad SMARTS) is 1. The van der Waals surface area contributed by atoms with E-state index in [0.29, 0.717) is 6.54 Å². The van der Waals surface area contributed by atoms with Crippen molar-refractivity contribution in [2.75, 3.05) is 0 Å². The number of hydrogen-bond acceptors (Lipinski definition) is 2. The van der Waals surface area contributed by atoms with Crippen LogP contribution >= 0.6 is 0 Å². The number of nitrogens with zero attached hydrogens (tertiary/aromatic N) is 1. The first-order valence-electron chi connectivity index (χ1n) is 6.13. The highest BCUT2D eigenvalue weighted by molar-refractivity contribution is 5.93. The maximum Gasteiger partial charge on any atom is 0.312 e. The standard InChI is InChI=1S/C14H17NO3/c1-10-2-4-11(5-3-10)9-15(12-6-7-12)13(16)8-14(17)18/h2-5,12H,6-9H2,1H3,(H,17,18). The minimum Gasteiger partial charge on any atom is -0.481 e. The molecule has 0 bridgehead atoms. The van der Waals surface area contributed by atoms with E-state index in [-0.39, 0.29) is 11.9 Å². The normalized spacial score (nSPS) is 14.3. The van der Waals surface area contributed by atoms with E-state index in [0.717, 1.165) is 18.4 Å². The Balaban J connectivity index is 2.04. The van der Waals surface area contributed by atoms with E-state index in [9.17, 15) is 9.59 Å². The van der Waals surface area contributed by atoms with Crippen molar-refractivity contribution in [2.45, 2.75) is 38.8 Å². The van der Waals surface area contributed by atoms with Gasteiger partial charge < -0.3 is 10.0 Å². The molecule has 2 rings (SSSR count). The number of carbonyl (C=O) groups is 2. The van der Waals surface area contributed by atoms with Gasteiger partial charge in [-0.3, -0.25) is 9.59 Å². The van der Waals surface area contributed by atoms with Gasteiger partial charge in [0.2, 0.25) is 5.91 Å². The van der Waals surface area contributed by atoms with Crippen LogP contribution in [-0.4, -0.2) is 27.9 Å². The van der Waals surface area contributed by atoms with Crippen LogP contribution in [0.3, 0.4) is 0 Å². The van der Waals surface area contributed by atoms with Crippen molar-refractivity contribution in [3.63, 3.8) is 0 Å². The number of hydrogen-bond donors (Lipinski definition) is 1. The van der Waals surface area contributed by atoms with Gasteiger partial charge in [0.1, 0.15) is 6.42 Å². The second kappa shape index (κ2) is 5.21. The van der Waals surface area contributed by atoms with E-state index in [2.05, 4.69) is 0 Å². The fourth-order valence-electron chi connectivity index (χ4n) is 1.93. The maximum absolute atomic E-state index is 11.9. The molecule has 1 amide bonds. The highest BCUT2D eigenvalue weighted by atomic mass is 16.4. The number of benzene rings is 1. The Labute approximate surface area is 106 Å². The summed E-state index contributed by atoms with van der Waals surface area (Å²) in [6.07, 6.45) is 1.55. The van der Waals surface area contributed by atoms with Gasteiger partial charge in [0.05, 0.1) is 0 Å². The summed E-state index contributed by atoms with van der Waals surface area (Å²) in [6.45, 7) is 2.52. The van der Waals surface area contributed by atoms with Crippen LogP contribution in [0.15, 0.2) is 24.3 Å². The van der Waals surface area contributed by atoms with Gasteiger partial charge in [-0.1, -0.05) is 29.8 Å². The van der Waals surface area contributed by atoms with Gasteiger partial charge in [-0.2, -0.15) is 0 Å². The average Bonchev–Trinajstić information content (AvgIpc) is 3.11. The molecule has 0 aromatic heterocycles. The van der Waals surface area contributed by atoms with Crippen molar-refractivity contribution in [2.24, 2.45) is 0 Å². The van der Waals surface area contributed by atoms with E-state index >= 15 is 0 Å².